The zero-order valence-corrected chi connectivity index (χ0v) is 18.4. The van der Waals surface area contributed by atoms with Gasteiger partial charge in [0.1, 0.15) is 21.5 Å². The lowest BCUT2D eigenvalue weighted by molar-refractivity contribution is 0.415. The molecule has 0 aliphatic rings. The summed E-state index contributed by atoms with van der Waals surface area (Å²) in [6.45, 7) is 2.01. The predicted molar refractivity (Wildman–Crippen MR) is 126 cm³/mol. The minimum Gasteiger partial charge on any atom is -0.497 e. The van der Waals surface area contributed by atoms with E-state index in [0.717, 1.165) is 43.4 Å². The van der Waals surface area contributed by atoms with E-state index in [0.29, 0.717) is 0 Å². The van der Waals surface area contributed by atoms with Crippen molar-refractivity contribution >= 4 is 29.2 Å². The fourth-order valence-electron chi connectivity index (χ4n) is 2.89. The summed E-state index contributed by atoms with van der Waals surface area (Å²) in [5.41, 5.74) is 4.09. The second kappa shape index (κ2) is 9.69. The first-order valence-corrected chi connectivity index (χ1v) is 11.3. The molecular formula is C24H21N3OS2. The number of nitrogens with zero attached hydrogens (tertiary/aromatic N) is 3. The quantitative estimate of drug-likeness (QED) is 0.317. The third kappa shape index (κ3) is 4.96. The molecule has 2 aromatic heterocycles. The first-order chi connectivity index (χ1) is 14.7. The Hall–Kier alpha value is -2.96. The lowest BCUT2D eigenvalue weighted by Gasteiger charge is -2.00. The summed E-state index contributed by atoms with van der Waals surface area (Å²) in [6.07, 6.45) is 4.26. The Balaban J connectivity index is 1.42. The van der Waals surface area contributed by atoms with Crippen molar-refractivity contribution in [3.63, 3.8) is 0 Å². The minimum atomic E-state index is 0.838. The molecule has 2 aromatic carbocycles. The fraction of sp³-hybridized carbons (Fsp3) is 0.125. The van der Waals surface area contributed by atoms with Gasteiger partial charge in [-0.1, -0.05) is 42.5 Å². The van der Waals surface area contributed by atoms with Crippen LogP contribution in [0.3, 0.4) is 0 Å². The molecule has 0 atom stereocenters. The van der Waals surface area contributed by atoms with Gasteiger partial charge >= 0.3 is 0 Å². The monoisotopic (exact) mass is 431 g/mol. The van der Waals surface area contributed by atoms with Gasteiger partial charge in [-0.3, -0.25) is 0 Å². The first kappa shape index (κ1) is 20.3. The van der Waals surface area contributed by atoms with Crippen molar-refractivity contribution in [2.24, 2.45) is 0 Å². The summed E-state index contributed by atoms with van der Waals surface area (Å²) in [5.74, 6) is 1.69. The van der Waals surface area contributed by atoms with Gasteiger partial charge in [-0.05, 0) is 48.9 Å². The number of hydrogen-bond donors (Lipinski definition) is 0. The van der Waals surface area contributed by atoms with Crippen LogP contribution in [-0.2, 0) is 0 Å². The van der Waals surface area contributed by atoms with Crippen molar-refractivity contribution in [3.8, 4) is 26.9 Å². The Bertz CT molecular complexity index is 1120. The molecule has 2 heterocycles. The maximum atomic E-state index is 5.23. The number of thioether (sulfide) groups is 1. The second-order valence-corrected chi connectivity index (χ2v) is 8.58. The molecule has 150 valence electrons. The van der Waals surface area contributed by atoms with Crippen LogP contribution in [0.15, 0.2) is 77.8 Å². The van der Waals surface area contributed by atoms with Gasteiger partial charge in [0.15, 0.2) is 0 Å². The average molecular weight is 432 g/mol. The summed E-state index contributed by atoms with van der Waals surface area (Å²) >= 11 is 3.30. The molecule has 6 heteroatoms. The third-order valence-electron chi connectivity index (χ3n) is 4.44. The molecule has 0 aliphatic heterocycles. The van der Waals surface area contributed by atoms with Crippen molar-refractivity contribution in [2.75, 3.05) is 12.9 Å². The Kier molecular flexibility index (Phi) is 6.57. The largest absolute Gasteiger partial charge is 0.497 e. The molecule has 0 unspecified atom stereocenters. The zero-order valence-electron chi connectivity index (χ0n) is 16.8. The number of thiazole rings is 1. The number of benzene rings is 2. The van der Waals surface area contributed by atoms with Gasteiger partial charge in [0.25, 0.3) is 0 Å². The molecule has 0 radical (unpaired) electrons. The lowest BCUT2D eigenvalue weighted by atomic mass is 10.2. The van der Waals surface area contributed by atoms with Gasteiger partial charge in [0.05, 0.1) is 17.7 Å². The van der Waals surface area contributed by atoms with Crippen LogP contribution in [0.4, 0.5) is 0 Å². The molecule has 0 saturated carbocycles. The van der Waals surface area contributed by atoms with Crippen molar-refractivity contribution in [1.82, 2.24) is 15.2 Å². The first-order valence-electron chi connectivity index (χ1n) is 9.53. The standard InChI is InChI=1S/C24H21N3OS2/c1-17-23(30-24(25-17)19-10-12-20(28-2)13-11-19)21-14-15-22(27-26-21)29-16-6-9-18-7-4-3-5-8-18/h3-15H,16H2,1-2H3/b9-6+. The molecule has 4 rings (SSSR count). The van der Waals surface area contributed by atoms with Crippen LogP contribution in [0.25, 0.3) is 27.2 Å². The van der Waals surface area contributed by atoms with E-state index >= 15 is 0 Å². The van der Waals surface area contributed by atoms with Crippen LogP contribution in [0.5, 0.6) is 5.75 Å². The lowest BCUT2D eigenvalue weighted by Crippen LogP contribution is -1.89. The molecule has 0 N–H and O–H groups in total. The van der Waals surface area contributed by atoms with E-state index in [1.807, 2.05) is 61.5 Å². The highest BCUT2D eigenvalue weighted by atomic mass is 32.2. The van der Waals surface area contributed by atoms with Gasteiger partial charge < -0.3 is 4.74 Å². The van der Waals surface area contributed by atoms with Crippen LogP contribution >= 0.6 is 23.1 Å². The highest BCUT2D eigenvalue weighted by Gasteiger charge is 2.13. The number of ether oxygens (including phenoxy) is 1. The molecule has 0 spiro atoms. The van der Waals surface area contributed by atoms with Crippen molar-refractivity contribution in [1.29, 1.82) is 0 Å². The van der Waals surface area contributed by atoms with Crippen LogP contribution < -0.4 is 4.74 Å². The SMILES string of the molecule is COc1ccc(-c2nc(C)c(-c3ccc(SC/C=C/c4ccccc4)nn3)s2)cc1. The number of hydrogen-bond acceptors (Lipinski definition) is 6. The predicted octanol–water partition coefficient (Wildman–Crippen LogP) is 6.39. The molecule has 0 fully saturated rings. The van der Waals surface area contributed by atoms with E-state index < -0.39 is 0 Å². The van der Waals surface area contributed by atoms with Crippen molar-refractivity contribution in [3.05, 3.63) is 84.1 Å². The molecule has 0 saturated heterocycles. The number of aryl methyl sites for hydroxylation is 1. The van der Waals surface area contributed by atoms with E-state index in [1.165, 1.54) is 5.56 Å². The molecule has 4 aromatic rings. The van der Waals surface area contributed by atoms with Gasteiger partial charge in [-0.2, -0.15) is 0 Å². The Morgan fingerprint density at radius 3 is 2.47 bits per heavy atom. The summed E-state index contributed by atoms with van der Waals surface area (Å²) in [7, 11) is 1.67. The van der Waals surface area contributed by atoms with Crippen LogP contribution in [0.2, 0.25) is 0 Å². The smallest absolute Gasteiger partial charge is 0.124 e. The molecule has 0 aliphatic carbocycles. The van der Waals surface area contributed by atoms with Gasteiger partial charge in [-0.15, -0.1) is 33.3 Å². The number of rotatable bonds is 7. The number of methoxy groups -OCH3 is 1. The van der Waals surface area contributed by atoms with Crippen LogP contribution in [-0.4, -0.2) is 28.0 Å². The average Bonchev–Trinajstić information content (AvgIpc) is 3.19. The van der Waals surface area contributed by atoms with Crippen LogP contribution in [0, 0.1) is 6.92 Å². The highest BCUT2D eigenvalue weighted by Crippen LogP contribution is 2.35. The molecule has 30 heavy (non-hydrogen) atoms. The van der Waals surface area contributed by atoms with Gasteiger partial charge in [0, 0.05) is 11.3 Å². The molecular weight excluding hydrogens is 410 g/mol. The van der Waals surface area contributed by atoms with E-state index in [4.69, 9.17) is 9.72 Å². The third-order valence-corrected chi connectivity index (χ3v) is 6.55. The Morgan fingerprint density at radius 1 is 0.967 bits per heavy atom. The number of aromatic nitrogens is 3. The summed E-state index contributed by atoms with van der Waals surface area (Å²) < 4.78 is 5.23. The van der Waals surface area contributed by atoms with E-state index in [9.17, 15) is 0 Å². The highest BCUT2D eigenvalue weighted by molar-refractivity contribution is 7.99. The topological polar surface area (TPSA) is 47.9 Å². The molecule has 4 nitrogen and oxygen atoms in total. The van der Waals surface area contributed by atoms with Gasteiger partial charge in [0.2, 0.25) is 0 Å². The maximum Gasteiger partial charge on any atom is 0.124 e. The zero-order chi connectivity index (χ0) is 20.8. The Labute approximate surface area is 184 Å². The minimum absolute atomic E-state index is 0.838. The van der Waals surface area contributed by atoms with Gasteiger partial charge in [-0.25, -0.2) is 4.98 Å². The molecule has 0 bridgehead atoms. The summed E-state index contributed by atoms with van der Waals surface area (Å²) in [6, 6.07) is 22.3. The molecule has 0 amide bonds. The summed E-state index contributed by atoms with van der Waals surface area (Å²) in [4.78, 5) is 5.77. The van der Waals surface area contributed by atoms with Crippen molar-refractivity contribution < 1.29 is 4.74 Å². The maximum absolute atomic E-state index is 5.23. The second-order valence-electron chi connectivity index (χ2n) is 6.54. The van der Waals surface area contributed by atoms with Crippen molar-refractivity contribution in [2.45, 2.75) is 11.9 Å². The van der Waals surface area contributed by atoms with E-state index in [2.05, 4.69) is 34.5 Å². The summed E-state index contributed by atoms with van der Waals surface area (Å²) in [5, 5.41) is 10.7. The van der Waals surface area contributed by atoms with E-state index in [1.54, 1.807) is 30.2 Å². The normalized spacial score (nSPS) is 11.1. The Morgan fingerprint density at radius 2 is 1.77 bits per heavy atom. The fourth-order valence-corrected chi connectivity index (χ4v) is 4.55. The van der Waals surface area contributed by atoms with E-state index in [-0.39, 0.29) is 0 Å². The van der Waals surface area contributed by atoms with Crippen LogP contribution in [0.1, 0.15) is 11.3 Å².